The largest absolute Gasteiger partial charge is 0.354 e. The summed E-state index contributed by atoms with van der Waals surface area (Å²) in [6, 6.07) is 15.8. The molecule has 0 atom stereocenters. The van der Waals surface area contributed by atoms with Crippen LogP contribution in [0.1, 0.15) is 11.1 Å². The van der Waals surface area contributed by atoms with Crippen molar-refractivity contribution in [2.45, 2.75) is 6.92 Å². The Morgan fingerprint density at radius 3 is 2.47 bits per heavy atom. The molecule has 3 heteroatoms. The Balaban J connectivity index is 2.32. The molecule has 0 spiro atoms. The van der Waals surface area contributed by atoms with Gasteiger partial charge in [0.2, 0.25) is 0 Å². The van der Waals surface area contributed by atoms with Crippen LogP contribution in [0.4, 0.5) is 11.4 Å². The fraction of sp³-hybridized carbons (Fsp3) is 0.0714. The lowest BCUT2D eigenvalue weighted by Gasteiger charge is -2.08. The zero-order valence-electron chi connectivity index (χ0n) is 9.37. The maximum atomic E-state index is 9.03. The third kappa shape index (κ3) is 2.86. The Morgan fingerprint density at radius 1 is 1.12 bits per heavy atom. The van der Waals surface area contributed by atoms with E-state index in [-0.39, 0.29) is 0 Å². The van der Waals surface area contributed by atoms with Gasteiger partial charge >= 0.3 is 0 Å². The van der Waals surface area contributed by atoms with Crippen LogP contribution in [0.15, 0.2) is 46.9 Å². The summed E-state index contributed by atoms with van der Waals surface area (Å²) in [6.07, 6.45) is 0. The van der Waals surface area contributed by atoms with E-state index in [1.54, 1.807) is 6.07 Å². The number of anilines is 2. The van der Waals surface area contributed by atoms with Crippen LogP contribution in [-0.4, -0.2) is 0 Å². The highest BCUT2D eigenvalue weighted by molar-refractivity contribution is 9.10. The number of hydrogen-bond donors (Lipinski definition) is 1. The van der Waals surface area contributed by atoms with Crippen LogP contribution in [-0.2, 0) is 0 Å². The number of hydrogen-bond acceptors (Lipinski definition) is 2. The third-order valence-electron chi connectivity index (χ3n) is 2.43. The molecule has 0 aliphatic heterocycles. The Bertz CT molecular complexity index is 568. The molecule has 2 aromatic rings. The van der Waals surface area contributed by atoms with Crippen LogP contribution in [0, 0.1) is 18.3 Å². The summed E-state index contributed by atoms with van der Waals surface area (Å²) < 4.78 is 0.950. The molecule has 0 heterocycles. The third-order valence-corrected chi connectivity index (χ3v) is 2.93. The maximum Gasteiger partial charge on any atom is 0.101 e. The molecule has 0 aromatic heterocycles. The molecule has 0 aliphatic rings. The van der Waals surface area contributed by atoms with Gasteiger partial charge in [0, 0.05) is 10.2 Å². The van der Waals surface area contributed by atoms with Gasteiger partial charge in [0.05, 0.1) is 11.3 Å². The lowest BCUT2D eigenvalue weighted by Crippen LogP contribution is -1.93. The highest BCUT2D eigenvalue weighted by atomic mass is 79.9. The Kier molecular flexibility index (Phi) is 3.46. The first-order chi connectivity index (χ1) is 8.19. The SMILES string of the molecule is Cc1ccc(Nc2cc(Br)ccc2C#N)cc1. The summed E-state index contributed by atoms with van der Waals surface area (Å²) >= 11 is 3.40. The molecular weight excluding hydrogens is 276 g/mol. The van der Waals surface area contributed by atoms with E-state index < -0.39 is 0 Å². The van der Waals surface area contributed by atoms with Crippen LogP contribution in [0.2, 0.25) is 0 Å². The molecule has 1 N–H and O–H groups in total. The van der Waals surface area contributed by atoms with Crippen LogP contribution in [0.5, 0.6) is 0 Å². The van der Waals surface area contributed by atoms with Crippen molar-refractivity contribution in [1.29, 1.82) is 5.26 Å². The van der Waals surface area contributed by atoms with Gasteiger partial charge in [-0.3, -0.25) is 0 Å². The van der Waals surface area contributed by atoms with Gasteiger partial charge < -0.3 is 5.32 Å². The van der Waals surface area contributed by atoms with Crippen LogP contribution in [0.3, 0.4) is 0 Å². The minimum atomic E-state index is 0.633. The number of aryl methyl sites for hydroxylation is 1. The van der Waals surface area contributed by atoms with E-state index >= 15 is 0 Å². The van der Waals surface area contributed by atoms with Gasteiger partial charge in [-0.1, -0.05) is 33.6 Å². The van der Waals surface area contributed by atoms with E-state index in [2.05, 4.69) is 27.3 Å². The van der Waals surface area contributed by atoms with Crippen molar-refractivity contribution in [3.63, 3.8) is 0 Å². The van der Waals surface area contributed by atoms with Crippen molar-refractivity contribution in [3.05, 3.63) is 58.1 Å². The summed E-state index contributed by atoms with van der Waals surface area (Å²) in [5, 5.41) is 12.3. The predicted molar refractivity (Wildman–Crippen MR) is 73.3 cm³/mol. The number of halogens is 1. The number of nitrogens with zero attached hydrogens (tertiary/aromatic N) is 1. The Labute approximate surface area is 109 Å². The van der Waals surface area contributed by atoms with Gasteiger partial charge in [-0.2, -0.15) is 5.26 Å². The minimum absolute atomic E-state index is 0.633. The lowest BCUT2D eigenvalue weighted by atomic mass is 10.1. The summed E-state index contributed by atoms with van der Waals surface area (Å²) in [5.41, 5.74) is 3.63. The molecule has 0 saturated carbocycles. The smallest absolute Gasteiger partial charge is 0.101 e. The molecule has 0 saturated heterocycles. The van der Waals surface area contributed by atoms with Crippen LogP contribution < -0.4 is 5.32 Å². The number of nitrogens with one attached hydrogen (secondary N) is 1. The first-order valence-corrected chi connectivity index (χ1v) is 6.01. The zero-order chi connectivity index (χ0) is 12.3. The van der Waals surface area contributed by atoms with Crippen molar-refractivity contribution in [2.75, 3.05) is 5.32 Å². The van der Waals surface area contributed by atoms with Gasteiger partial charge in [-0.25, -0.2) is 0 Å². The van der Waals surface area contributed by atoms with E-state index in [1.165, 1.54) is 5.56 Å². The van der Waals surface area contributed by atoms with Gasteiger partial charge in [-0.05, 0) is 37.3 Å². The second-order valence-electron chi connectivity index (χ2n) is 3.79. The van der Waals surface area contributed by atoms with Crippen molar-refractivity contribution in [3.8, 4) is 6.07 Å². The maximum absolute atomic E-state index is 9.03. The normalized spacial score (nSPS) is 9.71. The van der Waals surface area contributed by atoms with Gasteiger partial charge in [0.25, 0.3) is 0 Å². The van der Waals surface area contributed by atoms with Crippen molar-refractivity contribution in [1.82, 2.24) is 0 Å². The monoisotopic (exact) mass is 286 g/mol. The zero-order valence-corrected chi connectivity index (χ0v) is 11.0. The molecule has 84 valence electrons. The molecule has 0 fully saturated rings. The molecule has 0 unspecified atom stereocenters. The number of benzene rings is 2. The van der Waals surface area contributed by atoms with Crippen LogP contribution in [0.25, 0.3) is 0 Å². The fourth-order valence-corrected chi connectivity index (χ4v) is 1.87. The topological polar surface area (TPSA) is 35.8 Å². The average Bonchev–Trinajstić information content (AvgIpc) is 2.32. The first kappa shape index (κ1) is 11.7. The molecule has 0 amide bonds. The van der Waals surface area contributed by atoms with Crippen molar-refractivity contribution < 1.29 is 0 Å². The van der Waals surface area contributed by atoms with E-state index in [0.717, 1.165) is 15.8 Å². The van der Waals surface area contributed by atoms with E-state index in [0.29, 0.717) is 5.56 Å². The van der Waals surface area contributed by atoms with Crippen molar-refractivity contribution in [2.24, 2.45) is 0 Å². The summed E-state index contributed by atoms with van der Waals surface area (Å²) in [6.45, 7) is 2.05. The molecule has 0 bridgehead atoms. The summed E-state index contributed by atoms with van der Waals surface area (Å²) in [4.78, 5) is 0. The second kappa shape index (κ2) is 5.03. The summed E-state index contributed by atoms with van der Waals surface area (Å²) in [5.74, 6) is 0. The highest BCUT2D eigenvalue weighted by Crippen LogP contribution is 2.24. The van der Waals surface area contributed by atoms with E-state index in [1.807, 2.05) is 43.3 Å². The standard InChI is InChI=1S/C14H11BrN2/c1-10-2-6-13(7-3-10)17-14-8-12(15)5-4-11(14)9-16/h2-8,17H,1H3. The Morgan fingerprint density at radius 2 is 1.82 bits per heavy atom. The molecule has 0 aliphatic carbocycles. The van der Waals surface area contributed by atoms with Crippen LogP contribution >= 0.6 is 15.9 Å². The minimum Gasteiger partial charge on any atom is -0.354 e. The Hall–Kier alpha value is -1.79. The molecule has 17 heavy (non-hydrogen) atoms. The summed E-state index contributed by atoms with van der Waals surface area (Å²) in [7, 11) is 0. The number of nitriles is 1. The number of rotatable bonds is 2. The second-order valence-corrected chi connectivity index (χ2v) is 4.71. The predicted octanol–water partition coefficient (Wildman–Crippen LogP) is 4.37. The quantitative estimate of drug-likeness (QED) is 0.890. The van der Waals surface area contributed by atoms with E-state index in [9.17, 15) is 0 Å². The lowest BCUT2D eigenvalue weighted by molar-refractivity contribution is 1.43. The molecule has 0 radical (unpaired) electrons. The molecule has 2 nitrogen and oxygen atoms in total. The van der Waals surface area contributed by atoms with Crippen molar-refractivity contribution >= 4 is 27.3 Å². The van der Waals surface area contributed by atoms with Gasteiger partial charge in [0.1, 0.15) is 6.07 Å². The molecule has 2 aromatic carbocycles. The first-order valence-electron chi connectivity index (χ1n) is 5.22. The van der Waals surface area contributed by atoms with Gasteiger partial charge in [-0.15, -0.1) is 0 Å². The average molecular weight is 287 g/mol. The fourth-order valence-electron chi connectivity index (χ4n) is 1.51. The highest BCUT2D eigenvalue weighted by Gasteiger charge is 2.02. The van der Waals surface area contributed by atoms with E-state index in [4.69, 9.17) is 5.26 Å². The molecular formula is C14H11BrN2. The van der Waals surface area contributed by atoms with Gasteiger partial charge in [0.15, 0.2) is 0 Å². The molecule has 2 rings (SSSR count).